The minimum Gasteiger partial charge on any atom is -0.389 e. The maximum atomic E-state index is 12.3. The molecule has 110 valence electrons. The lowest BCUT2D eigenvalue weighted by Gasteiger charge is -2.19. The van der Waals surface area contributed by atoms with Crippen LogP contribution in [0.4, 0.5) is 0 Å². The van der Waals surface area contributed by atoms with Gasteiger partial charge in [-0.25, -0.2) is 13.1 Å². The SMILES string of the molecule is CSC1CCCC1NS(=O)(=O)c1ccc(C(N)=S)cc1. The number of hydrogen-bond acceptors (Lipinski definition) is 4. The van der Waals surface area contributed by atoms with E-state index >= 15 is 0 Å². The van der Waals surface area contributed by atoms with Gasteiger partial charge in [-0.2, -0.15) is 11.8 Å². The second-order valence-electron chi connectivity index (χ2n) is 4.82. The molecule has 1 saturated carbocycles. The Hall–Kier alpha value is -0.630. The summed E-state index contributed by atoms with van der Waals surface area (Å²) in [6.07, 6.45) is 5.05. The molecule has 1 aliphatic rings. The van der Waals surface area contributed by atoms with Crippen LogP contribution in [0.15, 0.2) is 29.2 Å². The summed E-state index contributed by atoms with van der Waals surface area (Å²) in [6.45, 7) is 0. The molecule has 4 nitrogen and oxygen atoms in total. The zero-order valence-electron chi connectivity index (χ0n) is 11.2. The Labute approximate surface area is 129 Å². The van der Waals surface area contributed by atoms with E-state index in [1.54, 1.807) is 36.0 Å². The zero-order valence-corrected chi connectivity index (χ0v) is 13.7. The third kappa shape index (κ3) is 3.52. The summed E-state index contributed by atoms with van der Waals surface area (Å²) < 4.78 is 27.5. The fraction of sp³-hybridized carbons (Fsp3) is 0.462. The third-order valence-electron chi connectivity index (χ3n) is 3.51. The summed E-state index contributed by atoms with van der Waals surface area (Å²) in [5, 5.41) is 0.362. The molecule has 0 amide bonds. The van der Waals surface area contributed by atoms with Crippen molar-refractivity contribution in [1.82, 2.24) is 4.72 Å². The lowest BCUT2D eigenvalue weighted by molar-refractivity contribution is 0.555. The van der Waals surface area contributed by atoms with E-state index in [4.69, 9.17) is 18.0 Å². The van der Waals surface area contributed by atoms with Crippen LogP contribution in [-0.4, -0.2) is 31.0 Å². The van der Waals surface area contributed by atoms with Gasteiger partial charge < -0.3 is 5.73 Å². The molecule has 20 heavy (non-hydrogen) atoms. The van der Waals surface area contributed by atoms with Gasteiger partial charge in [0.05, 0.1) is 4.90 Å². The topological polar surface area (TPSA) is 72.2 Å². The molecule has 2 rings (SSSR count). The van der Waals surface area contributed by atoms with Gasteiger partial charge in [-0.1, -0.05) is 30.8 Å². The summed E-state index contributed by atoms with van der Waals surface area (Å²) in [5.41, 5.74) is 6.17. The van der Waals surface area contributed by atoms with Crippen LogP contribution in [0.3, 0.4) is 0 Å². The standard InChI is InChI=1S/C13H18N2O2S3/c1-19-12-4-2-3-11(12)15-20(16,17)10-7-5-9(6-8-10)13(14)18/h5-8,11-12,15H,2-4H2,1H3,(H2,14,18). The molecule has 2 unspecified atom stereocenters. The van der Waals surface area contributed by atoms with Crippen molar-refractivity contribution in [3.05, 3.63) is 29.8 Å². The third-order valence-corrected chi connectivity index (χ3v) is 6.42. The first kappa shape index (κ1) is 15.8. The highest BCUT2D eigenvalue weighted by Crippen LogP contribution is 2.29. The first-order valence-electron chi connectivity index (χ1n) is 6.39. The Morgan fingerprint density at radius 2 is 2.00 bits per heavy atom. The summed E-state index contributed by atoms with van der Waals surface area (Å²) >= 11 is 6.58. The van der Waals surface area contributed by atoms with E-state index in [9.17, 15) is 8.42 Å². The van der Waals surface area contributed by atoms with Gasteiger partial charge >= 0.3 is 0 Å². The Balaban J connectivity index is 2.15. The smallest absolute Gasteiger partial charge is 0.240 e. The van der Waals surface area contributed by atoms with Crippen LogP contribution < -0.4 is 10.5 Å². The number of rotatable bonds is 5. The van der Waals surface area contributed by atoms with Gasteiger partial charge in [0.15, 0.2) is 0 Å². The van der Waals surface area contributed by atoms with Crippen LogP contribution in [0.25, 0.3) is 0 Å². The predicted octanol–water partition coefficient (Wildman–Crippen LogP) is 1.88. The summed E-state index contributed by atoms with van der Waals surface area (Å²) in [5.74, 6) is 0. The molecular weight excluding hydrogens is 312 g/mol. The van der Waals surface area contributed by atoms with Crippen molar-refractivity contribution >= 4 is 39.0 Å². The van der Waals surface area contributed by atoms with Crippen molar-refractivity contribution in [3.63, 3.8) is 0 Å². The maximum Gasteiger partial charge on any atom is 0.240 e. The Bertz CT molecular complexity index is 584. The lowest BCUT2D eigenvalue weighted by Crippen LogP contribution is -2.38. The quantitative estimate of drug-likeness (QED) is 0.807. The number of nitrogens with one attached hydrogen (secondary N) is 1. The molecule has 0 heterocycles. The number of thioether (sulfide) groups is 1. The van der Waals surface area contributed by atoms with E-state index in [1.807, 2.05) is 6.26 Å². The molecule has 7 heteroatoms. The van der Waals surface area contributed by atoms with Crippen molar-refractivity contribution in [1.29, 1.82) is 0 Å². The number of hydrogen-bond donors (Lipinski definition) is 2. The van der Waals surface area contributed by atoms with Crippen LogP contribution in [0.2, 0.25) is 0 Å². The van der Waals surface area contributed by atoms with E-state index in [2.05, 4.69) is 4.72 Å². The predicted molar refractivity (Wildman–Crippen MR) is 87.6 cm³/mol. The van der Waals surface area contributed by atoms with E-state index in [0.717, 1.165) is 19.3 Å². The Morgan fingerprint density at radius 3 is 2.55 bits per heavy atom. The molecule has 0 aromatic heterocycles. The van der Waals surface area contributed by atoms with Gasteiger partial charge in [-0.05, 0) is 31.2 Å². The minimum absolute atomic E-state index is 0.0188. The second kappa shape index (κ2) is 6.43. The molecule has 0 saturated heterocycles. The first-order chi connectivity index (χ1) is 9.44. The van der Waals surface area contributed by atoms with Gasteiger partial charge in [-0.3, -0.25) is 0 Å². The van der Waals surface area contributed by atoms with Crippen molar-refractivity contribution in [2.45, 2.75) is 35.4 Å². The highest BCUT2D eigenvalue weighted by molar-refractivity contribution is 7.99. The molecular formula is C13H18N2O2S3. The van der Waals surface area contributed by atoms with Crippen molar-refractivity contribution in [2.75, 3.05) is 6.26 Å². The van der Waals surface area contributed by atoms with Crippen molar-refractivity contribution < 1.29 is 8.42 Å². The molecule has 1 aromatic rings. The first-order valence-corrected chi connectivity index (χ1v) is 9.57. The fourth-order valence-corrected chi connectivity index (χ4v) is 4.88. The molecule has 1 aromatic carbocycles. The molecule has 1 aliphatic carbocycles. The number of benzene rings is 1. The largest absolute Gasteiger partial charge is 0.389 e. The average Bonchev–Trinajstić information content (AvgIpc) is 2.85. The Kier molecular flexibility index (Phi) is 5.06. The average molecular weight is 331 g/mol. The molecule has 3 N–H and O–H groups in total. The van der Waals surface area contributed by atoms with Crippen LogP contribution in [0.5, 0.6) is 0 Å². The molecule has 0 spiro atoms. The van der Waals surface area contributed by atoms with Gasteiger partial charge in [0.1, 0.15) is 4.99 Å². The summed E-state index contributed by atoms with van der Waals surface area (Å²) in [4.78, 5) is 0.518. The minimum atomic E-state index is -3.48. The van der Waals surface area contributed by atoms with Gasteiger partial charge in [0.25, 0.3) is 0 Å². The van der Waals surface area contributed by atoms with Crippen LogP contribution >= 0.6 is 24.0 Å². The lowest BCUT2D eigenvalue weighted by atomic mass is 10.2. The van der Waals surface area contributed by atoms with Crippen LogP contribution in [0.1, 0.15) is 24.8 Å². The maximum absolute atomic E-state index is 12.3. The van der Waals surface area contributed by atoms with E-state index in [-0.39, 0.29) is 15.9 Å². The molecule has 0 aliphatic heterocycles. The highest BCUT2D eigenvalue weighted by atomic mass is 32.2. The number of nitrogens with two attached hydrogens (primary N) is 1. The monoisotopic (exact) mass is 330 g/mol. The summed E-state index contributed by atoms with van der Waals surface area (Å²) in [7, 11) is -3.48. The Morgan fingerprint density at radius 1 is 1.35 bits per heavy atom. The van der Waals surface area contributed by atoms with E-state index in [0.29, 0.717) is 10.8 Å². The highest BCUT2D eigenvalue weighted by Gasteiger charge is 2.30. The fourth-order valence-electron chi connectivity index (χ4n) is 2.41. The van der Waals surface area contributed by atoms with Crippen molar-refractivity contribution in [3.8, 4) is 0 Å². The van der Waals surface area contributed by atoms with E-state index < -0.39 is 10.0 Å². The normalized spacial score (nSPS) is 22.9. The van der Waals surface area contributed by atoms with Crippen molar-refractivity contribution in [2.24, 2.45) is 5.73 Å². The number of sulfonamides is 1. The van der Waals surface area contributed by atoms with Gasteiger partial charge in [0.2, 0.25) is 10.0 Å². The molecule has 1 fully saturated rings. The van der Waals surface area contributed by atoms with Gasteiger partial charge in [0, 0.05) is 16.9 Å². The van der Waals surface area contributed by atoms with Gasteiger partial charge in [-0.15, -0.1) is 0 Å². The summed E-state index contributed by atoms with van der Waals surface area (Å²) in [6, 6.07) is 6.37. The molecule has 0 radical (unpaired) electrons. The van der Waals surface area contributed by atoms with E-state index in [1.165, 1.54) is 0 Å². The molecule has 2 atom stereocenters. The van der Waals surface area contributed by atoms with Crippen LogP contribution in [-0.2, 0) is 10.0 Å². The second-order valence-corrected chi connectivity index (χ2v) is 8.05. The molecule has 0 bridgehead atoms. The zero-order chi connectivity index (χ0) is 14.8. The number of thiocarbonyl (C=S) groups is 1. The van der Waals surface area contributed by atoms with Crippen LogP contribution in [0, 0.1) is 0 Å².